The highest BCUT2D eigenvalue weighted by Gasteiger charge is 2.31. The molecule has 0 spiro atoms. The number of benzene rings is 2. The van der Waals surface area contributed by atoms with Gasteiger partial charge in [0, 0.05) is 44.9 Å². The molecule has 0 radical (unpaired) electrons. The second kappa shape index (κ2) is 8.91. The molecule has 8 nitrogen and oxygen atoms in total. The molecule has 2 aromatic rings. The predicted molar refractivity (Wildman–Crippen MR) is 105 cm³/mol. The van der Waals surface area contributed by atoms with E-state index in [4.69, 9.17) is 0 Å². The van der Waals surface area contributed by atoms with E-state index in [9.17, 15) is 36.8 Å². The van der Waals surface area contributed by atoms with Crippen molar-refractivity contribution in [2.75, 3.05) is 32.7 Å². The minimum atomic E-state index is -4.45. The summed E-state index contributed by atoms with van der Waals surface area (Å²) in [5.74, 6) is 0. The SMILES string of the molecule is O=[N+]([O-])c1cccc(S(=O)(=O)N2CCN(CC(O)c3ccc(C(F)(F)F)cc3)CC2)c1. The maximum Gasteiger partial charge on any atom is 0.416 e. The van der Waals surface area contributed by atoms with Crippen LogP contribution in [-0.2, 0) is 16.2 Å². The third-order valence-corrected chi connectivity index (χ3v) is 6.95. The molecule has 0 aliphatic carbocycles. The summed E-state index contributed by atoms with van der Waals surface area (Å²) < 4.78 is 64.7. The Kier molecular flexibility index (Phi) is 6.65. The highest BCUT2D eigenvalue weighted by atomic mass is 32.2. The Hall–Kier alpha value is -2.54. The number of alkyl halides is 3. The zero-order valence-electron chi connectivity index (χ0n) is 16.2. The van der Waals surface area contributed by atoms with E-state index in [2.05, 4.69) is 0 Å². The van der Waals surface area contributed by atoms with E-state index in [1.54, 1.807) is 0 Å². The molecule has 0 aromatic heterocycles. The van der Waals surface area contributed by atoms with Crippen molar-refractivity contribution in [1.29, 1.82) is 0 Å². The van der Waals surface area contributed by atoms with Crippen molar-refractivity contribution in [2.45, 2.75) is 17.2 Å². The van der Waals surface area contributed by atoms with E-state index in [1.165, 1.54) is 34.6 Å². The molecule has 1 fully saturated rings. The Morgan fingerprint density at radius 3 is 2.23 bits per heavy atom. The van der Waals surface area contributed by atoms with Crippen LogP contribution in [0.5, 0.6) is 0 Å². The molecular weight excluding hydrogens is 439 g/mol. The number of non-ortho nitro benzene ring substituents is 1. The van der Waals surface area contributed by atoms with Crippen LogP contribution in [0.4, 0.5) is 18.9 Å². The van der Waals surface area contributed by atoms with Crippen molar-refractivity contribution in [3.63, 3.8) is 0 Å². The molecule has 1 aliphatic heterocycles. The summed E-state index contributed by atoms with van der Waals surface area (Å²) in [5, 5.41) is 21.2. The van der Waals surface area contributed by atoms with E-state index in [0.717, 1.165) is 18.2 Å². The summed E-state index contributed by atoms with van der Waals surface area (Å²) in [5.41, 5.74) is -0.789. The predicted octanol–water partition coefficient (Wildman–Crippen LogP) is 2.65. The zero-order valence-corrected chi connectivity index (χ0v) is 17.0. The highest BCUT2D eigenvalue weighted by molar-refractivity contribution is 7.89. The van der Waals surface area contributed by atoms with Gasteiger partial charge in [0.05, 0.1) is 21.5 Å². The molecule has 1 aliphatic rings. The maximum atomic E-state index is 12.8. The number of aliphatic hydroxyl groups is 1. The highest BCUT2D eigenvalue weighted by Crippen LogP contribution is 2.30. The number of sulfonamides is 1. The molecule has 0 saturated carbocycles. The van der Waals surface area contributed by atoms with Crippen molar-refractivity contribution in [3.05, 3.63) is 69.8 Å². The average molecular weight is 459 g/mol. The third-order valence-electron chi connectivity index (χ3n) is 5.05. The number of nitrogens with zero attached hydrogens (tertiary/aromatic N) is 3. The summed E-state index contributed by atoms with van der Waals surface area (Å²) in [7, 11) is -3.91. The van der Waals surface area contributed by atoms with Crippen LogP contribution in [0.3, 0.4) is 0 Å². The lowest BCUT2D eigenvalue weighted by Gasteiger charge is -2.35. The van der Waals surface area contributed by atoms with Crippen LogP contribution in [0.25, 0.3) is 0 Å². The standard InChI is InChI=1S/C19H20F3N3O5S/c20-19(21,22)15-6-4-14(5-7-15)18(26)13-23-8-10-24(11-9-23)31(29,30)17-3-1-2-16(12-17)25(27)28/h1-7,12,18,26H,8-11,13H2. The Labute approximate surface area is 176 Å². The quantitative estimate of drug-likeness (QED) is 0.526. The van der Waals surface area contributed by atoms with Crippen LogP contribution in [0.1, 0.15) is 17.2 Å². The number of β-amino-alcohol motifs (C(OH)–C–C–N with tert-alkyl or cyclic N) is 1. The Morgan fingerprint density at radius 1 is 1.06 bits per heavy atom. The fourth-order valence-electron chi connectivity index (χ4n) is 3.30. The molecule has 31 heavy (non-hydrogen) atoms. The van der Waals surface area contributed by atoms with Crippen molar-refractivity contribution < 1.29 is 31.6 Å². The van der Waals surface area contributed by atoms with Gasteiger partial charge in [0.15, 0.2) is 0 Å². The molecule has 0 bridgehead atoms. The van der Waals surface area contributed by atoms with E-state index in [1.807, 2.05) is 4.90 Å². The average Bonchev–Trinajstić information content (AvgIpc) is 2.73. The molecule has 3 rings (SSSR count). The Bertz CT molecular complexity index is 1040. The van der Waals surface area contributed by atoms with Crippen molar-refractivity contribution in [2.24, 2.45) is 0 Å². The summed E-state index contributed by atoms with van der Waals surface area (Å²) >= 11 is 0. The lowest BCUT2D eigenvalue weighted by Crippen LogP contribution is -2.49. The van der Waals surface area contributed by atoms with E-state index in [-0.39, 0.29) is 30.2 Å². The second-order valence-corrected chi connectivity index (χ2v) is 9.03. The fourth-order valence-corrected chi connectivity index (χ4v) is 4.77. The number of nitro groups is 1. The van der Waals surface area contributed by atoms with Crippen LogP contribution >= 0.6 is 0 Å². The molecular formula is C19H20F3N3O5S. The van der Waals surface area contributed by atoms with Gasteiger partial charge >= 0.3 is 6.18 Å². The van der Waals surface area contributed by atoms with E-state index >= 15 is 0 Å². The minimum absolute atomic E-state index is 0.116. The summed E-state index contributed by atoms with van der Waals surface area (Å²) in [6, 6.07) is 9.07. The maximum absolute atomic E-state index is 12.8. The van der Waals surface area contributed by atoms with Crippen LogP contribution in [0.15, 0.2) is 53.4 Å². The fraction of sp³-hybridized carbons (Fsp3) is 0.368. The second-order valence-electron chi connectivity index (χ2n) is 7.09. The minimum Gasteiger partial charge on any atom is -0.387 e. The zero-order chi connectivity index (χ0) is 22.8. The largest absolute Gasteiger partial charge is 0.416 e. The van der Waals surface area contributed by atoms with Gasteiger partial charge in [-0.15, -0.1) is 0 Å². The smallest absolute Gasteiger partial charge is 0.387 e. The number of hydrogen-bond donors (Lipinski definition) is 1. The summed E-state index contributed by atoms with van der Waals surface area (Å²) in [6.45, 7) is 0.962. The van der Waals surface area contributed by atoms with Crippen molar-refractivity contribution >= 4 is 15.7 Å². The first-order chi connectivity index (χ1) is 14.5. The van der Waals surface area contributed by atoms with Crippen molar-refractivity contribution in [3.8, 4) is 0 Å². The van der Waals surface area contributed by atoms with Crippen LogP contribution in [0, 0.1) is 10.1 Å². The van der Waals surface area contributed by atoms with E-state index in [0.29, 0.717) is 18.7 Å². The van der Waals surface area contributed by atoms with Gasteiger partial charge < -0.3 is 5.11 Å². The molecule has 168 valence electrons. The lowest BCUT2D eigenvalue weighted by molar-refractivity contribution is -0.385. The van der Waals surface area contributed by atoms with Gasteiger partial charge in [-0.05, 0) is 23.8 Å². The van der Waals surface area contributed by atoms with Gasteiger partial charge in [0.1, 0.15) is 0 Å². The number of nitro benzene ring substituents is 1. The lowest BCUT2D eigenvalue weighted by atomic mass is 10.1. The van der Waals surface area contributed by atoms with Crippen LogP contribution in [-0.4, -0.2) is 60.4 Å². The van der Waals surface area contributed by atoms with Gasteiger partial charge in [0.2, 0.25) is 10.0 Å². The number of hydrogen-bond acceptors (Lipinski definition) is 6. The number of rotatable bonds is 6. The molecule has 2 aromatic carbocycles. The van der Waals surface area contributed by atoms with Crippen LogP contribution < -0.4 is 0 Å². The van der Waals surface area contributed by atoms with Gasteiger partial charge in [0.25, 0.3) is 5.69 Å². The first-order valence-electron chi connectivity index (χ1n) is 9.30. The van der Waals surface area contributed by atoms with E-state index < -0.39 is 32.8 Å². The molecule has 1 saturated heterocycles. The van der Waals surface area contributed by atoms with Crippen LogP contribution in [0.2, 0.25) is 0 Å². The van der Waals surface area contributed by atoms with Gasteiger partial charge in [-0.2, -0.15) is 17.5 Å². The van der Waals surface area contributed by atoms with Gasteiger partial charge in [-0.3, -0.25) is 15.0 Å². The monoisotopic (exact) mass is 459 g/mol. The summed E-state index contributed by atoms with van der Waals surface area (Å²) in [4.78, 5) is 11.9. The number of halogens is 3. The normalized spacial score (nSPS) is 17.4. The molecule has 0 amide bonds. The summed E-state index contributed by atoms with van der Waals surface area (Å²) in [6.07, 6.45) is -5.48. The van der Waals surface area contributed by atoms with Crippen molar-refractivity contribution in [1.82, 2.24) is 9.21 Å². The van der Waals surface area contributed by atoms with Gasteiger partial charge in [-0.1, -0.05) is 18.2 Å². The Morgan fingerprint density at radius 2 is 1.68 bits per heavy atom. The van der Waals surface area contributed by atoms with Gasteiger partial charge in [-0.25, -0.2) is 8.42 Å². The molecule has 1 atom stereocenters. The molecule has 1 heterocycles. The topological polar surface area (TPSA) is 104 Å². The Balaban J connectivity index is 1.60. The molecule has 1 unspecified atom stereocenters. The first kappa shape index (κ1) is 23.1. The molecule has 12 heteroatoms. The first-order valence-corrected chi connectivity index (χ1v) is 10.7. The number of piperazine rings is 1. The number of aliphatic hydroxyl groups excluding tert-OH is 1. The third kappa shape index (κ3) is 5.39. The molecule has 1 N–H and O–H groups in total.